The molecule has 5 heteroatoms. The van der Waals surface area contributed by atoms with Crippen LogP contribution in [-0.4, -0.2) is 29.3 Å². The Morgan fingerprint density at radius 1 is 1.33 bits per heavy atom. The van der Waals surface area contributed by atoms with Gasteiger partial charge in [0.1, 0.15) is 12.1 Å². The van der Waals surface area contributed by atoms with Crippen molar-refractivity contribution in [2.24, 2.45) is 0 Å². The second-order valence-corrected chi connectivity index (χ2v) is 4.85. The highest BCUT2D eigenvalue weighted by Crippen LogP contribution is 2.22. The van der Waals surface area contributed by atoms with Gasteiger partial charge in [0.2, 0.25) is 5.88 Å². The number of nitrogens with two attached hydrogens (primary N) is 1. The molecule has 0 saturated heterocycles. The van der Waals surface area contributed by atoms with Crippen LogP contribution in [0, 0.1) is 0 Å². The van der Waals surface area contributed by atoms with Gasteiger partial charge in [0.05, 0.1) is 17.8 Å². The minimum absolute atomic E-state index is 0.191. The Hall–Kier alpha value is -1.36. The molecular formula is C13H23N3O2. The van der Waals surface area contributed by atoms with Gasteiger partial charge in [-0.05, 0) is 20.3 Å². The van der Waals surface area contributed by atoms with Crippen LogP contribution in [0.25, 0.3) is 0 Å². The molecule has 0 radical (unpaired) electrons. The number of nitrogens with zero attached hydrogens (tertiary/aromatic N) is 2. The molecule has 102 valence electrons. The molecule has 0 aliphatic rings. The first kappa shape index (κ1) is 14.7. The lowest BCUT2D eigenvalue weighted by Crippen LogP contribution is -2.25. The van der Waals surface area contributed by atoms with E-state index in [0.29, 0.717) is 18.3 Å². The molecule has 1 aromatic heterocycles. The topological polar surface area (TPSA) is 70.3 Å². The average molecular weight is 253 g/mol. The third-order valence-electron chi connectivity index (χ3n) is 2.93. The highest BCUT2D eigenvalue weighted by atomic mass is 16.5. The summed E-state index contributed by atoms with van der Waals surface area (Å²) in [4.78, 5) is 8.14. The molecule has 1 heterocycles. The van der Waals surface area contributed by atoms with Gasteiger partial charge in [-0.25, -0.2) is 9.97 Å². The number of nitrogen functional groups attached to an aromatic ring is 1. The van der Waals surface area contributed by atoms with Gasteiger partial charge in [0.25, 0.3) is 0 Å². The van der Waals surface area contributed by atoms with E-state index < -0.39 is 0 Å². The summed E-state index contributed by atoms with van der Waals surface area (Å²) in [5.74, 6) is 1.10. The Labute approximate surface area is 109 Å². The van der Waals surface area contributed by atoms with E-state index in [1.54, 1.807) is 7.11 Å². The quantitative estimate of drug-likeness (QED) is 0.806. The van der Waals surface area contributed by atoms with Crippen molar-refractivity contribution < 1.29 is 9.47 Å². The number of hydrogen-bond acceptors (Lipinski definition) is 5. The summed E-state index contributed by atoms with van der Waals surface area (Å²) in [6, 6.07) is 0. The Morgan fingerprint density at radius 3 is 2.67 bits per heavy atom. The standard InChI is InChI=1S/C13H23N3O2/c1-5-6-10-11(14)15-9-16-12(10)18-8-7-13(2,3)17-4/h9H,5-8H2,1-4H3,(H2,14,15,16). The third kappa shape index (κ3) is 4.14. The van der Waals surface area contributed by atoms with Crippen LogP contribution < -0.4 is 10.5 Å². The first-order valence-corrected chi connectivity index (χ1v) is 6.27. The number of rotatable bonds is 7. The van der Waals surface area contributed by atoms with Gasteiger partial charge in [0.15, 0.2) is 0 Å². The molecule has 0 atom stereocenters. The lowest BCUT2D eigenvalue weighted by Gasteiger charge is -2.22. The van der Waals surface area contributed by atoms with E-state index in [4.69, 9.17) is 15.2 Å². The van der Waals surface area contributed by atoms with Crippen LogP contribution in [0.4, 0.5) is 5.82 Å². The molecule has 0 aromatic carbocycles. The van der Waals surface area contributed by atoms with E-state index >= 15 is 0 Å². The fourth-order valence-corrected chi connectivity index (χ4v) is 1.51. The first-order chi connectivity index (χ1) is 8.50. The fraction of sp³-hybridized carbons (Fsp3) is 0.692. The van der Waals surface area contributed by atoms with Gasteiger partial charge in [-0.2, -0.15) is 0 Å². The molecule has 18 heavy (non-hydrogen) atoms. The first-order valence-electron chi connectivity index (χ1n) is 6.27. The van der Waals surface area contributed by atoms with Crippen molar-refractivity contribution in [2.45, 2.75) is 45.6 Å². The molecule has 0 aliphatic heterocycles. The number of aromatic nitrogens is 2. The Balaban J connectivity index is 2.64. The van der Waals surface area contributed by atoms with E-state index in [0.717, 1.165) is 24.8 Å². The van der Waals surface area contributed by atoms with E-state index in [9.17, 15) is 0 Å². The van der Waals surface area contributed by atoms with Crippen molar-refractivity contribution in [3.05, 3.63) is 11.9 Å². The van der Waals surface area contributed by atoms with Gasteiger partial charge >= 0.3 is 0 Å². The molecule has 0 aliphatic carbocycles. The summed E-state index contributed by atoms with van der Waals surface area (Å²) >= 11 is 0. The van der Waals surface area contributed by atoms with E-state index in [1.807, 2.05) is 13.8 Å². The Kier molecular flexibility index (Phi) is 5.34. The van der Waals surface area contributed by atoms with Crippen molar-refractivity contribution >= 4 is 5.82 Å². The zero-order valence-corrected chi connectivity index (χ0v) is 11.7. The summed E-state index contributed by atoms with van der Waals surface area (Å²) in [5, 5.41) is 0. The maximum Gasteiger partial charge on any atom is 0.221 e. The van der Waals surface area contributed by atoms with Crippen LogP contribution in [0.15, 0.2) is 6.33 Å². The zero-order chi connectivity index (χ0) is 13.6. The minimum Gasteiger partial charge on any atom is -0.477 e. The third-order valence-corrected chi connectivity index (χ3v) is 2.93. The number of anilines is 1. The lowest BCUT2D eigenvalue weighted by molar-refractivity contribution is 0.00499. The van der Waals surface area contributed by atoms with Gasteiger partial charge in [-0.1, -0.05) is 13.3 Å². The van der Waals surface area contributed by atoms with Crippen LogP contribution in [0.3, 0.4) is 0 Å². The molecule has 0 saturated carbocycles. The second-order valence-electron chi connectivity index (χ2n) is 4.85. The molecule has 1 rings (SSSR count). The highest BCUT2D eigenvalue weighted by Gasteiger charge is 2.17. The SMILES string of the molecule is CCCc1c(N)ncnc1OCCC(C)(C)OC. The molecule has 0 bridgehead atoms. The van der Waals surface area contributed by atoms with Gasteiger partial charge < -0.3 is 15.2 Å². The minimum atomic E-state index is -0.191. The van der Waals surface area contributed by atoms with Gasteiger partial charge in [0, 0.05) is 13.5 Å². The summed E-state index contributed by atoms with van der Waals surface area (Å²) in [6.07, 6.45) is 4.04. The predicted octanol–water partition coefficient (Wildman–Crippen LogP) is 2.21. The van der Waals surface area contributed by atoms with Crippen molar-refractivity contribution in [2.75, 3.05) is 19.5 Å². The zero-order valence-electron chi connectivity index (χ0n) is 11.7. The van der Waals surface area contributed by atoms with Crippen LogP contribution in [0.1, 0.15) is 39.2 Å². The summed E-state index contributed by atoms with van der Waals surface area (Å²) in [6.45, 7) is 6.69. The second kappa shape index (κ2) is 6.54. The molecule has 1 aromatic rings. The molecule has 0 amide bonds. The Morgan fingerprint density at radius 2 is 2.06 bits per heavy atom. The molecule has 5 nitrogen and oxygen atoms in total. The summed E-state index contributed by atoms with van der Waals surface area (Å²) in [5.41, 5.74) is 6.54. The monoisotopic (exact) mass is 253 g/mol. The lowest BCUT2D eigenvalue weighted by atomic mass is 10.1. The molecule has 0 spiro atoms. The molecule has 2 N–H and O–H groups in total. The van der Waals surface area contributed by atoms with Crippen molar-refractivity contribution in [1.29, 1.82) is 0 Å². The fourth-order valence-electron chi connectivity index (χ4n) is 1.51. The smallest absolute Gasteiger partial charge is 0.221 e. The van der Waals surface area contributed by atoms with E-state index in [2.05, 4.69) is 16.9 Å². The maximum absolute atomic E-state index is 5.84. The van der Waals surface area contributed by atoms with E-state index in [-0.39, 0.29) is 5.60 Å². The van der Waals surface area contributed by atoms with Crippen LogP contribution in [0.5, 0.6) is 5.88 Å². The average Bonchev–Trinajstić information content (AvgIpc) is 2.33. The summed E-state index contributed by atoms with van der Waals surface area (Å²) < 4.78 is 11.0. The van der Waals surface area contributed by atoms with Crippen LogP contribution in [-0.2, 0) is 11.2 Å². The van der Waals surface area contributed by atoms with E-state index in [1.165, 1.54) is 6.33 Å². The number of ether oxygens (including phenoxy) is 2. The Bertz CT molecular complexity index is 380. The highest BCUT2D eigenvalue weighted by molar-refractivity contribution is 5.44. The predicted molar refractivity (Wildman–Crippen MR) is 71.6 cm³/mol. The number of methoxy groups -OCH3 is 1. The van der Waals surface area contributed by atoms with Crippen molar-refractivity contribution in [3.63, 3.8) is 0 Å². The maximum atomic E-state index is 5.84. The molecule has 0 fully saturated rings. The largest absolute Gasteiger partial charge is 0.477 e. The normalized spacial score (nSPS) is 11.6. The molecule has 0 unspecified atom stereocenters. The summed E-state index contributed by atoms with van der Waals surface area (Å²) in [7, 11) is 1.70. The number of hydrogen-bond donors (Lipinski definition) is 1. The van der Waals surface area contributed by atoms with Crippen LogP contribution in [0.2, 0.25) is 0 Å². The van der Waals surface area contributed by atoms with Gasteiger partial charge in [-0.3, -0.25) is 0 Å². The van der Waals surface area contributed by atoms with Crippen molar-refractivity contribution in [3.8, 4) is 5.88 Å². The molecular weight excluding hydrogens is 230 g/mol. The van der Waals surface area contributed by atoms with Crippen molar-refractivity contribution in [1.82, 2.24) is 9.97 Å². The van der Waals surface area contributed by atoms with Crippen LogP contribution >= 0.6 is 0 Å². The van der Waals surface area contributed by atoms with Gasteiger partial charge in [-0.15, -0.1) is 0 Å².